The largest absolute Gasteiger partial charge is 0.326 e. The van der Waals surface area contributed by atoms with E-state index in [0.717, 1.165) is 13.0 Å². The van der Waals surface area contributed by atoms with E-state index < -0.39 is 0 Å². The van der Waals surface area contributed by atoms with Crippen LogP contribution in [0.25, 0.3) is 0 Å². The molecule has 2 atom stereocenters. The van der Waals surface area contributed by atoms with E-state index in [1.54, 1.807) is 0 Å². The van der Waals surface area contributed by atoms with E-state index in [1.807, 2.05) is 18.7 Å². The monoisotopic (exact) mass is 156 g/mol. The first-order valence-electron chi connectivity index (χ1n) is 4.23. The van der Waals surface area contributed by atoms with E-state index in [9.17, 15) is 4.79 Å². The number of rotatable bonds is 2. The van der Waals surface area contributed by atoms with Crippen molar-refractivity contribution in [2.24, 2.45) is 0 Å². The Kier molecular flexibility index (Phi) is 2.49. The van der Waals surface area contributed by atoms with Gasteiger partial charge in [0, 0.05) is 6.54 Å². The molecule has 0 spiro atoms. The highest BCUT2D eigenvalue weighted by Crippen LogP contribution is 2.09. The van der Waals surface area contributed by atoms with Crippen molar-refractivity contribution in [1.29, 1.82) is 0 Å². The predicted molar refractivity (Wildman–Crippen MR) is 44.1 cm³/mol. The average Bonchev–Trinajstić information content (AvgIpc) is 2.17. The van der Waals surface area contributed by atoms with Crippen LogP contribution < -0.4 is 5.32 Å². The second-order valence-corrected chi connectivity index (χ2v) is 3.10. The van der Waals surface area contributed by atoms with Crippen molar-refractivity contribution in [3.05, 3.63) is 0 Å². The normalized spacial score (nSPS) is 31.5. The van der Waals surface area contributed by atoms with Gasteiger partial charge in [0.2, 0.25) is 5.91 Å². The minimum atomic E-state index is 0.0107. The van der Waals surface area contributed by atoms with Gasteiger partial charge in [0.25, 0.3) is 0 Å². The van der Waals surface area contributed by atoms with Crippen LogP contribution >= 0.6 is 0 Å². The predicted octanol–water partition coefficient (Wildman–Crippen LogP) is 0.563. The molecule has 64 valence electrons. The third kappa shape index (κ3) is 1.53. The molecular formula is C8H16N2O. The van der Waals surface area contributed by atoms with Crippen molar-refractivity contribution in [1.82, 2.24) is 10.2 Å². The zero-order chi connectivity index (χ0) is 8.43. The van der Waals surface area contributed by atoms with Gasteiger partial charge in [0.1, 0.15) is 0 Å². The first-order valence-corrected chi connectivity index (χ1v) is 4.23. The second-order valence-electron chi connectivity index (χ2n) is 3.10. The van der Waals surface area contributed by atoms with E-state index in [2.05, 4.69) is 12.2 Å². The van der Waals surface area contributed by atoms with E-state index >= 15 is 0 Å². The summed E-state index contributed by atoms with van der Waals surface area (Å²) in [7, 11) is 0. The summed E-state index contributed by atoms with van der Waals surface area (Å²) in [5.41, 5.74) is 0. The summed E-state index contributed by atoms with van der Waals surface area (Å²) in [4.78, 5) is 13.3. The van der Waals surface area contributed by atoms with Crippen LogP contribution in [0, 0.1) is 0 Å². The van der Waals surface area contributed by atoms with Crippen molar-refractivity contribution >= 4 is 5.91 Å². The summed E-state index contributed by atoms with van der Waals surface area (Å²) in [5.74, 6) is 0.236. The number of amides is 1. The maximum absolute atomic E-state index is 11.4. The van der Waals surface area contributed by atoms with Crippen LogP contribution in [0.2, 0.25) is 0 Å². The molecule has 0 radical (unpaired) electrons. The molecule has 1 aliphatic heterocycles. The quantitative estimate of drug-likeness (QED) is 0.633. The summed E-state index contributed by atoms with van der Waals surface area (Å²) in [6.45, 7) is 6.89. The maximum atomic E-state index is 11.4. The topological polar surface area (TPSA) is 32.3 Å². The lowest BCUT2D eigenvalue weighted by molar-refractivity contribution is -0.129. The Labute approximate surface area is 67.8 Å². The molecule has 1 rings (SSSR count). The molecule has 1 fully saturated rings. The third-order valence-corrected chi connectivity index (χ3v) is 2.08. The molecule has 0 aliphatic carbocycles. The molecule has 0 bridgehead atoms. The molecule has 0 aromatic rings. The summed E-state index contributed by atoms with van der Waals surface area (Å²) in [5, 5.41) is 3.18. The van der Waals surface area contributed by atoms with Gasteiger partial charge in [-0.15, -0.1) is 0 Å². The van der Waals surface area contributed by atoms with Crippen molar-refractivity contribution in [3.63, 3.8) is 0 Å². The van der Waals surface area contributed by atoms with Gasteiger partial charge in [-0.2, -0.15) is 0 Å². The van der Waals surface area contributed by atoms with Crippen LogP contribution in [-0.4, -0.2) is 29.6 Å². The van der Waals surface area contributed by atoms with Crippen LogP contribution in [-0.2, 0) is 4.79 Å². The molecule has 1 N–H and O–H groups in total. The van der Waals surface area contributed by atoms with Crippen LogP contribution in [0.4, 0.5) is 0 Å². The Morgan fingerprint density at radius 3 is 2.55 bits per heavy atom. The Morgan fingerprint density at radius 1 is 1.55 bits per heavy atom. The number of nitrogens with zero attached hydrogens (tertiary/aromatic N) is 1. The van der Waals surface area contributed by atoms with Gasteiger partial charge >= 0.3 is 0 Å². The number of carbonyl (C=O) groups is 1. The number of hydrogen-bond acceptors (Lipinski definition) is 2. The van der Waals surface area contributed by atoms with E-state index in [4.69, 9.17) is 0 Å². The van der Waals surface area contributed by atoms with E-state index in [0.29, 0.717) is 0 Å². The molecular weight excluding hydrogens is 140 g/mol. The SMILES string of the molecule is CCCN1C(=O)C(C)NC1C. The lowest BCUT2D eigenvalue weighted by Crippen LogP contribution is -2.35. The number of nitrogens with one attached hydrogen (secondary N) is 1. The average molecular weight is 156 g/mol. The minimum Gasteiger partial charge on any atom is -0.326 e. The summed E-state index contributed by atoms with van der Waals surface area (Å²) < 4.78 is 0. The highest BCUT2D eigenvalue weighted by Gasteiger charge is 2.32. The van der Waals surface area contributed by atoms with Crippen molar-refractivity contribution in [3.8, 4) is 0 Å². The van der Waals surface area contributed by atoms with Crippen molar-refractivity contribution < 1.29 is 4.79 Å². The summed E-state index contributed by atoms with van der Waals surface area (Å²) in [6.07, 6.45) is 1.25. The zero-order valence-corrected chi connectivity index (χ0v) is 7.42. The summed E-state index contributed by atoms with van der Waals surface area (Å²) in [6, 6.07) is 0.0107. The molecule has 1 aliphatic rings. The molecule has 3 nitrogen and oxygen atoms in total. The molecule has 0 aromatic heterocycles. The lowest BCUT2D eigenvalue weighted by Gasteiger charge is -2.19. The van der Waals surface area contributed by atoms with Gasteiger partial charge in [0.15, 0.2) is 0 Å². The highest BCUT2D eigenvalue weighted by atomic mass is 16.2. The maximum Gasteiger partial charge on any atom is 0.240 e. The second kappa shape index (κ2) is 3.22. The summed E-state index contributed by atoms with van der Waals surface area (Å²) >= 11 is 0. The Hall–Kier alpha value is -0.570. The lowest BCUT2D eigenvalue weighted by atomic mass is 10.3. The van der Waals surface area contributed by atoms with Crippen LogP contribution in [0.15, 0.2) is 0 Å². The molecule has 1 amide bonds. The molecule has 0 aromatic carbocycles. The molecule has 2 unspecified atom stereocenters. The van der Waals surface area contributed by atoms with Gasteiger partial charge in [-0.3, -0.25) is 10.1 Å². The fourth-order valence-electron chi connectivity index (χ4n) is 1.51. The van der Waals surface area contributed by atoms with Crippen LogP contribution in [0.5, 0.6) is 0 Å². The van der Waals surface area contributed by atoms with Gasteiger partial charge in [-0.25, -0.2) is 0 Å². The van der Waals surface area contributed by atoms with E-state index in [1.165, 1.54) is 0 Å². The highest BCUT2D eigenvalue weighted by molar-refractivity contribution is 5.83. The smallest absolute Gasteiger partial charge is 0.240 e. The molecule has 1 heterocycles. The van der Waals surface area contributed by atoms with Gasteiger partial charge in [-0.1, -0.05) is 6.92 Å². The minimum absolute atomic E-state index is 0.0107. The van der Waals surface area contributed by atoms with Crippen LogP contribution in [0.1, 0.15) is 27.2 Å². The Morgan fingerprint density at radius 2 is 2.18 bits per heavy atom. The number of hydrogen-bond donors (Lipinski definition) is 1. The fourth-order valence-corrected chi connectivity index (χ4v) is 1.51. The molecule has 11 heavy (non-hydrogen) atoms. The Balaban J connectivity index is 2.56. The van der Waals surface area contributed by atoms with Gasteiger partial charge in [-0.05, 0) is 20.3 Å². The fraction of sp³-hybridized carbons (Fsp3) is 0.875. The van der Waals surface area contributed by atoms with E-state index in [-0.39, 0.29) is 18.1 Å². The standard InChI is InChI=1S/C8H16N2O/c1-4-5-10-7(3)9-6(2)8(10)11/h6-7,9H,4-5H2,1-3H3. The number of carbonyl (C=O) groups excluding carboxylic acids is 1. The molecule has 0 saturated carbocycles. The van der Waals surface area contributed by atoms with Gasteiger partial charge in [0.05, 0.1) is 12.2 Å². The van der Waals surface area contributed by atoms with Crippen molar-refractivity contribution in [2.45, 2.75) is 39.4 Å². The zero-order valence-electron chi connectivity index (χ0n) is 7.42. The van der Waals surface area contributed by atoms with Gasteiger partial charge < -0.3 is 4.90 Å². The molecule has 3 heteroatoms. The van der Waals surface area contributed by atoms with Crippen molar-refractivity contribution in [2.75, 3.05) is 6.54 Å². The first-order chi connectivity index (χ1) is 5.16. The third-order valence-electron chi connectivity index (χ3n) is 2.08. The van der Waals surface area contributed by atoms with Crippen LogP contribution in [0.3, 0.4) is 0 Å². The molecule has 1 saturated heterocycles. The Bertz CT molecular complexity index is 158. The first kappa shape index (κ1) is 8.53.